The normalized spacial score (nSPS) is 29.4. The summed E-state index contributed by atoms with van der Waals surface area (Å²) < 4.78 is 2.02. The number of likely N-dealkylation sites (tertiary alicyclic amines) is 1. The Morgan fingerprint density at radius 2 is 1.94 bits per heavy atom. The fraction of sp³-hybridized carbons (Fsp3) is 0.600. The molecule has 2 aliphatic heterocycles. The minimum atomic E-state index is 0.224. The van der Waals surface area contributed by atoms with Gasteiger partial charge in [0.1, 0.15) is 0 Å². The van der Waals surface area contributed by atoms with Crippen LogP contribution in [0.25, 0.3) is 11.1 Å². The van der Waals surface area contributed by atoms with Crippen LogP contribution in [0.15, 0.2) is 42.8 Å². The number of piperazine rings is 1. The Balaban J connectivity index is 1.17. The lowest BCUT2D eigenvalue weighted by Crippen LogP contribution is -2.49. The molecule has 2 aliphatic carbocycles. The van der Waals surface area contributed by atoms with Crippen LogP contribution in [0, 0.1) is 17.3 Å². The summed E-state index contributed by atoms with van der Waals surface area (Å²) in [4.78, 5) is 19.6. The first-order valence-electron chi connectivity index (χ1n) is 14.0. The zero-order valence-corrected chi connectivity index (χ0v) is 22.4. The summed E-state index contributed by atoms with van der Waals surface area (Å²) in [6.45, 7) is 14.1. The van der Waals surface area contributed by atoms with Crippen molar-refractivity contribution >= 4 is 22.7 Å². The molecule has 6 heteroatoms. The maximum absolute atomic E-state index is 12.5. The standard InChI is InChI=1S/C30H41N5O/c1-21(2)34-20-26(17-22(34)3)30(4)10-7-23(8-11-30)25-18-28-27(9-12-31-35(28)19-25)32-13-15-33(16-14-32)29(36)24-5-6-24/h7-10,12,18-19,21-22,24,26H,5-6,11,13-17,20H2,1-4H3/t22-,26-,30?/m0/s1. The third kappa shape index (κ3) is 4.27. The Morgan fingerprint density at radius 1 is 1.17 bits per heavy atom. The first kappa shape index (κ1) is 23.8. The first-order valence-corrected chi connectivity index (χ1v) is 14.0. The zero-order chi connectivity index (χ0) is 25.0. The van der Waals surface area contributed by atoms with Crippen molar-refractivity contribution in [1.29, 1.82) is 0 Å². The van der Waals surface area contributed by atoms with Crippen LogP contribution in [0.2, 0.25) is 0 Å². The maximum Gasteiger partial charge on any atom is 0.225 e. The van der Waals surface area contributed by atoms with Crippen LogP contribution in [0.3, 0.4) is 0 Å². The van der Waals surface area contributed by atoms with Gasteiger partial charge < -0.3 is 9.80 Å². The molecule has 1 saturated carbocycles. The quantitative estimate of drug-likeness (QED) is 0.604. The molecule has 0 bridgehead atoms. The van der Waals surface area contributed by atoms with E-state index in [4.69, 9.17) is 0 Å². The van der Waals surface area contributed by atoms with Gasteiger partial charge in [0.25, 0.3) is 0 Å². The second-order valence-corrected chi connectivity index (χ2v) is 12.1. The molecule has 36 heavy (non-hydrogen) atoms. The number of allylic oxidation sites excluding steroid dienone is 4. The lowest BCUT2D eigenvalue weighted by Gasteiger charge is -2.36. The van der Waals surface area contributed by atoms with Crippen molar-refractivity contribution in [2.45, 2.75) is 65.5 Å². The third-order valence-corrected chi connectivity index (χ3v) is 9.30. The highest BCUT2D eigenvalue weighted by molar-refractivity contribution is 5.83. The van der Waals surface area contributed by atoms with E-state index in [0.717, 1.165) is 51.0 Å². The van der Waals surface area contributed by atoms with Crippen molar-refractivity contribution in [3.05, 3.63) is 48.3 Å². The Morgan fingerprint density at radius 3 is 2.58 bits per heavy atom. The van der Waals surface area contributed by atoms with Crippen LogP contribution in [-0.2, 0) is 4.79 Å². The van der Waals surface area contributed by atoms with Gasteiger partial charge in [-0.3, -0.25) is 9.69 Å². The molecular formula is C30H41N5O. The Kier molecular flexibility index (Phi) is 5.98. The van der Waals surface area contributed by atoms with Crippen LogP contribution in [-0.4, -0.2) is 70.1 Å². The van der Waals surface area contributed by atoms with Gasteiger partial charge in [-0.15, -0.1) is 0 Å². The van der Waals surface area contributed by atoms with Crippen molar-refractivity contribution in [2.75, 3.05) is 37.6 Å². The van der Waals surface area contributed by atoms with Crippen LogP contribution < -0.4 is 4.90 Å². The van der Waals surface area contributed by atoms with Crippen molar-refractivity contribution < 1.29 is 4.79 Å². The summed E-state index contributed by atoms with van der Waals surface area (Å²) in [6, 6.07) is 5.70. The van der Waals surface area contributed by atoms with Gasteiger partial charge in [0.15, 0.2) is 0 Å². The van der Waals surface area contributed by atoms with Gasteiger partial charge in [-0.1, -0.05) is 25.2 Å². The molecule has 1 amide bonds. The number of carbonyl (C=O) groups excluding carboxylic acids is 1. The number of aromatic nitrogens is 2. The molecule has 4 heterocycles. The van der Waals surface area contributed by atoms with Crippen LogP contribution in [0.4, 0.5) is 5.69 Å². The predicted molar refractivity (Wildman–Crippen MR) is 146 cm³/mol. The fourth-order valence-electron chi connectivity index (χ4n) is 6.70. The van der Waals surface area contributed by atoms with Gasteiger partial charge in [-0.05, 0) is 75.5 Å². The van der Waals surface area contributed by atoms with E-state index in [1.807, 2.05) is 10.7 Å². The maximum atomic E-state index is 12.5. The molecule has 3 fully saturated rings. The summed E-state index contributed by atoms with van der Waals surface area (Å²) in [5.74, 6) is 1.38. The molecule has 2 aromatic rings. The van der Waals surface area contributed by atoms with Crippen molar-refractivity contribution in [3.8, 4) is 0 Å². The lowest BCUT2D eigenvalue weighted by atomic mass is 9.70. The monoisotopic (exact) mass is 487 g/mol. The molecule has 1 unspecified atom stereocenters. The summed E-state index contributed by atoms with van der Waals surface area (Å²) in [5, 5.41) is 4.62. The number of amides is 1. The molecule has 2 aromatic heterocycles. The van der Waals surface area contributed by atoms with Crippen LogP contribution in [0.5, 0.6) is 0 Å². The van der Waals surface area contributed by atoms with E-state index in [1.165, 1.54) is 29.8 Å². The van der Waals surface area contributed by atoms with E-state index < -0.39 is 0 Å². The number of rotatable bonds is 5. The Labute approximate surface area is 215 Å². The summed E-state index contributed by atoms with van der Waals surface area (Å²) >= 11 is 0. The van der Waals surface area contributed by atoms with Crippen molar-refractivity contribution in [3.63, 3.8) is 0 Å². The van der Waals surface area contributed by atoms with Crippen LogP contribution >= 0.6 is 0 Å². The fourth-order valence-corrected chi connectivity index (χ4v) is 6.70. The second-order valence-electron chi connectivity index (χ2n) is 12.1. The molecule has 0 aromatic carbocycles. The second kappa shape index (κ2) is 9.05. The Bertz CT molecular complexity index is 1200. The molecule has 0 N–H and O–H groups in total. The molecule has 2 saturated heterocycles. The van der Waals surface area contributed by atoms with Gasteiger partial charge in [-0.2, -0.15) is 5.10 Å². The topological polar surface area (TPSA) is 44.1 Å². The third-order valence-electron chi connectivity index (χ3n) is 9.30. The lowest BCUT2D eigenvalue weighted by molar-refractivity contribution is -0.132. The summed E-state index contributed by atoms with van der Waals surface area (Å²) in [7, 11) is 0. The van der Waals surface area contributed by atoms with E-state index in [0.29, 0.717) is 29.8 Å². The Hall–Kier alpha value is -2.60. The van der Waals surface area contributed by atoms with E-state index in [1.54, 1.807) is 0 Å². The average Bonchev–Trinajstić information content (AvgIpc) is 3.51. The van der Waals surface area contributed by atoms with Gasteiger partial charge in [-0.25, -0.2) is 4.52 Å². The summed E-state index contributed by atoms with van der Waals surface area (Å²) in [6.07, 6.45) is 15.9. The largest absolute Gasteiger partial charge is 0.366 e. The number of hydrogen-bond donors (Lipinski definition) is 0. The van der Waals surface area contributed by atoms with Gasteiger partial charge in [0, 0.05) is 68.7 Å². The number of carbonyl (C=O) groups is 1. The SMILES string of the molecule is CC(C)N1C[C@@H](C2(C)C=CC(c3cc4c(N5CCN(C(=O)C6CC6)CC5)ccnn4c3)=CC2)C[C@@H]1C. The van der Waals surface area contributed by atoms with Gasteiger partial charge >= 0.3 is 0 Å². The minimum absolute atomic E-state index is 0.224. The first-order chi connectivity index (χ1) is 17.3. The van der Waals surface area contributed by atoms with E-state index in [-0.39, 0.29) is 5.41 Å². The molecule has 0 spiro atoms. The van der Waals surface area contributed by atoms with Crippen molar-refractivity contribution in [2.24, 2.45) is 17.3 Å². The van der Waals surface area contributed by atoms with E-state index in [9.17, 15) is 4.79 Å². The number of anilines is 1. The molecule has 6 nitrogen and oxygen atoms in total. The average molecular weight is 488 g/mol. The van der Waals surface area contributed by atoms with E-state index >= 15 is 0 Å². The van der Waals surface area contributed by atoms with Gasteiger partial charge in [0.2, 0.25) is 5.91 Å². The van der Waals surface area contributed by atoms with Crippen LogP contribution in [0.1, 0.15) is 58.9 Å². The predicted octanol–water partition coefficient (Wildman–Crippen LogP) is 4.86. The molecule has 6 rings (SSSR count). The molecule has 4 aliphatic rings. The molecule has 3 atom stereocenters. The van der Waals surface area contributed by atoms with Crippen molar-refractivity contribution in [1.82, 2.24) is 19.4 Å². The molecular weight excluding hydrogens is 446 g/mol. The molecule has 0 radical (unpaired) electrons. The highest BCUT2D eigenvalue weighted by Gasteiger charge is 2.41. The minimum Gasteiger partial charge on any atom is -0.366 e. The van der Waals surface area contributed by atoms with E-state index in [2.05, 4.69) is 84.1 Å². The highest BCUT2D eigenvalue weighted by atomic mass is 16.2. The summed E-state index contributed by atoms with van der Waals surface area (Å²) in [5.41, 5.74) is 5.12. The smallest absolute Gasteiger partial charge is 0.225 e. The molecule has 192 valence electrons. The number of nitrogens with zero attached hydrogens (tertiary/aromatic N) is 5. The zero-order valence-electron chi connectivity index (χ0n) is 22.4. The number of hydrogen-bond acceptors (Lipinski definition) is 4. The highest BCUT2D eigenvalue weighted by Crippen LogP contribution is 2.45. The number of fused-ring (bicyclic) bond motifs is 1. The van der Waals surface area contributed by atoms with Gasteiger partial charge in [0.05, 0.1) is 11.2 Å².